The minimum atomic E-state index is -0.679. The number of hydrogen-bond acceptors (Lipinski definition) is 5. The van der Waals surface area contributed by atoms with Gasteiger partial charge >= 0.3 is 5.69 Å². The lowest BCUT2D eigenvalue weighted by molar-refractivity contribution is -0.117. The zero-order valence-electron chi connectivity index (χ0n) is 19.8. The lowest BCUT2D eigenvalue weighted by Gasteiger charge is -2.10. The van der Waals surface area contributed by atoms with Crippen molar-refractivity contribution in [3.8, 4) is 0 Å². The first-order valence-corrected chi connectivity index (χ1v) is 11.3. The topological polar surface area (TPSA) is 120 Å². The summed E-state index contributed by atoms with van der Waals surface area (Å²) in [5.74, 6) is -1.24. The van der Waals surface area contributed by atoms with Gasteiger partial charge in [0.1, 0.15) is 12.4 Å². The van der Waals surface area contributed by atoms with E-state index in [0.717, 1.165) is 10.7 Å². The predicted octanol–water partition coefficient (Wildman–Crippen LogP) is 2.16. The summed E-state index contributed by atoms with van der Waals surface area (Å²) >= 11 is 0. The SMILES string of the molecule is C=CCn1c(=O)c2ccc(C(=O)NCC(C)C)cc2n2c(=O)n(CC(=O)Nc3cccc(F)c3)nc12. The number of hydrogen-bond donors (Lipinski definition) is 2. The lowest BCUT2D eigenvalue weighted by atomic mass is 10.1. The smallest absolute Gasteiger partial charge is 0.352 e. The quantitative estimate of drug-likeness (QED) is 0.366. The molecule has 4 rings (SSSR count). The zero-order valence-corrected chi connectivity index (χ0v) is 19.8. The van der Waals surface area contributed by atoms with Gasteiger partial charge in [-0.1, -0.05) is 26.0 Å². The fraction of sp³-hybridized carbons (Fsp3) is 0.240. The molecule has 0 aliphatic carbocycles. The van der Waals surface area contributed by atoms with E-state index in [1.807, 2.05) is 13.8 Å². The normalized spacial score (nSPS) is 11.2. The molecule has 10 nitrogen and oxygen atoms in total. The first kappa shape index (κ1) is 24.6. The van der Waals surface area contributed by atoms with Crippen LogP contribution in [-0.4, -0.2) is 37.1 Å². The van der Waals surface area contributed by atoms with Crippen LogP contribution >= 0.6 is 0 Å². The van der Waals surface area contributed by atoms with E-state index in [4.69, 9.17) is 0 Å². The van der Waals surface area contributed by atoms with E-state index in [0.29, 0.717) is 6.54 Å². The number of halogens is 1. The van der Waals surface area contributed by atoms with Gasteiger partial charge in [0.05, 0.1) is 10.9 Å². The highest BCUT2D eigenvalue weighted by molar-refractivity contribution is 5.98. The second kappa shape index (κ2) is 9.98. The number of allylic oxidation sites excluding steroid dienone is 1. The molecule has 2 heterocycles. The van der Waals surface area contributed by atoms with Crippen LogP contribution in [0, 0.1) is 11.7 Å². The molecule has 2 aromatic carbocycles. The van der Waals surface area contributed by atoms with Crippen LogP contribution in [0.5, 0.6) is 0 Å². The Kier molecular flexibility index (Phi) is 6.82. The molecule has 0 bridgehead atoms. The van der Waals surface area contributed by atoms with Crippen molar-refractivity contribution in [1.82, 2.24) is 24.1 Å². The molecule has 0 aliphatic heterocycles. The summed E-state index contributed by atoms with van der Waals surface area (Å²) in [5.41, 5.74) is -0.416. The third-order valence-corrected chi connectivity index (χ3v) is 5.42. The number of carbonyl (C=O) groups excluding carboxylic acids is 2. The third-order valence-electron chi connectivity index (χ3n) is 5.42. The van der Waals surface area contributed by atoms with Gasteiger partial charge < -0.3 is 10.6 Å². The number of anilines is 1. The van der Waals surface area contributed by atoms with Gasteiger partial charge in [-0.25, -0.2) is 18.3 Å². The Morgan fingerprint density at radius 2 is 1.94 bits per heavy atom. The van der Waals surface area contributed by atoms with Crippen molar-refractivity contribution in [1.29, 1.82) is 0 Å². The van der Waals surface area contributed by atoms with Gasteiger partial charge in [-0.05, 0) is 42.3 Å². The van der Waals surface area contributed by atoms with Crippen LogP contribution in [-0.2, 0) is 17.9 Å². The Morgan fingerprint density at radius 3 is 2.64 bits per heavy atom. The second-order valence-corrected chi connectivity index (χ2v) is 8.67. The van der Waals surface area contributed by atoms with E-state index in [2.05, 4.69) is 22.3 Å². The number of aromatic nitrogens is 4. The summed E-state index contributed by atoms with van der Waals surface area (Å²) < 4.78 is 16.8. The number of benzene rings is 2. The Balaban J connectivity index is 1.81. The fourth-order valence-electron chi connectivity index (χ4n) is 3.76. The number of rotatable bonds is 8. The Bertz CT molecular complexity index is 1610. The molecule has 36 heavy (non-hydrogen) atoms. The average molecular weight is 493 g/mol. The molecule has 2 N–H and O–H groups in total. The number of nitrogens with zero attached hydrogens (tertiary/aromatic N) is 4. The molecule has 0 aliphatic rings. The highest BCUT2D eigenvalue weighted by atomic mass is 19.1. The molecule has 0 saturated carbocycles. The second-order valence-electron chi connectivity index (χ2n) is 8.67. The Hall–Kier alpha value is -4.54. The maximum absolute atomic E-state index is 13.4. The summed E-state index contributed by atoms with van der Waals surface area (Å²) in [6, 6.07) is 9.80. The van der Waals surface area contributed by atoms with Crippen LogP contribution in [0.1, 0.15) is 24.2 Å². The number of carbonyl (C=O) groups is 2. The summed E-state index contributed by atoms with van der Waals surface area (Å²) in [7, 11) is 0. The molecule has 0 spiro atoms. The largest absolute Gasteiger partial charge is 0.352 e. The van der Waals surface area contributed by atoms with Crippen LogP contribution in [0.25, 0.3) is 16.7 Å². The maximum atomic E-state index is 13.4. The molecule has 0 unspecified atom stereocenters. The Labute approximate surface area is 204 Å². The predicted molar refractivity (Wildman–Crippen MR) is 134 cm³/mol. The minimum Gasteiger partial charge on any atom is -0.352 e. The maximum Gasteiger partial charge on any atom is 0.352 e. The van der Waals surface area contributed by atoms with E-state index in [9.17, 15) is 23.6 Å². The molecular weight excluding hydrogens is 467 g/mol. The van der Waals surface area contributed by atoms with Crippen molar-refractivity contribution in [2.45, 2.75) is 26.9 Å². The van der Waals surface area contributed by atoms with Crippen molar-refractivity contribution in [2.75, 3.05) is 11.9 Å². The van der Waals surface area contributed by atoms with Crippen LogP contribution < -0.4 is 21.9 Å². The molecule has 0 saturated heterocycles. The minimum absolute atomic E-state index is 0.00399. The van der Waals surface area contributed by atoms with E-state index in [1.54, 1.807) is 0 Å². The highest BCUT2D eigenvalue weighted by Crippen LogP contribution is 2.15. The van der Waals surface area contributed by atoms with E-state index in [-0.39, 0.29) is 46.3 Å². The molecule has 186 valence electrons. The molecule has 0 fully saturated rings. The molecule has 2 aromatic heterocycles. The first-order valence-electron chi connectivity index (χ1n) is 11.3. The molecule has 0 radical (unpaired) electrons. The zero-order chi connectivity index (χ0) is 26.0. The van der Waals surface area contributed by atoms with Crippen LogP contribution in [0.2, 0.25) is 0 Å². The molecule has 11 heteroatoms. The standard InChI is InChI=1S/C25H25FN6O4/c1-4-10-30-23(35)19-9-8-16(22(34)27-13-15(2)3)11-20(19)32-24(30)29-31(25(32)36)14-21(33)28-18-7-5-6-17(26)12-18/h4-9,11-12,15H,1,10,13-14H2,2-3H3,(H,27,34)(H,28,33). The highest BCUT2D eigenvalue weighted by Gasteiger charge is 2.20. The summed E-state index contributed by atoms with van der Waals surface area (Å²) in [4.78, 5) is 51.7. The fourth-order valence-corrected chi connectivity index (χ4v) is 3.76. The molecule has 0 atom stereocenters. The monoisotopic (exact) mass is 492 g/mol. The Morgan fingerprint density at radius 1 is 1.17 bits per heavy atom. The van der Waals surface area contributed by atoms with Gasteiger partial charge in [0.2, 0.25) is 11.7 Å². The van der Waals surface area contributed by atoms with Crippen molar-refractivity contribution >= 4 is 34.2 Å². The summed E-state index contributed by atoms with van der Waals surface area (Å²) in [5, 5.41) is 9.75. The summed E-state index contributed by atoms with van der Waals surface area (Å²) in [6.45, 7) is 7.64. The van der Waals surface area contributed by atoms with Gasteiger partial charge in [-0.15, -0.1) is 11.7 Å². The lowest BCUT2D eigenvalue weighted by Crippen LogP contribution is -2.30. The summed E-state index contributed by atoms with van der Waals surface area (Å²) in [6.07, 6.45) is 1.49. The molecular formula is C25H25FN6O4. The number of fused-ring (bicyclic) bond motifs is 3. The van der Waals surface area contributed by atoms with Crippen molar-refractivity contribution in [3.63, 3.8) is 0 Å². The van der Waals surface area contributed by atoms with Crippen LogP contribution in [0.3, 0.4) is 0 Å². The van der Waals surface area contributed by atoms with Crippen molar-refractivity contribution < 1.29 is 14.0 Å². The number of nitrogens with one attached hydrogen (secondary N) is 2. The van der Waals surface area contributed by atoms with Crippen LogP contribution in [0.15, 0.2) is 64.7 Å². The molecule has 4 aromatic rings. The molecule has 2 amide bonds. The van der Waals surface area contributed by atoms with E-state index >= 15 is 0 Å². The van der Waals surface area contributed by atoms with Crippen molar-refractivity contribution in [3.05, 3.63) is 87.3 Å². The first-order chi connectivity index (χ1) is 17.2. The van der Waals surface area contributed by atoms with Gasteiger partial charge in [0, 0.05) is 24.3 Å². The average Bonchev–Trinajstić information content (AvgIpc) is 3.15. The van der Waals surface area contributed by atoms with Gasteiger partial charge in [-0.3, -0.25) is 19.0 Å². The number of amides is 2. The third kappa shape index (κ3) is 4.81. The van der Waals surface area contributed by atoms with Gasteiger partial charge in [-0.2, -0.15) is 0 Å². The van der Waals surface area contributed by atoms with Crippen LogP contribution in [0.4, 0.5) is 10.1 Å². The van der Waals surface area contributed by atoms with Gasteiger partial charge in [0.15, 0.2) is 0 Å². The van der Waals surface area contributed by atoms with E-state index in [1.165, 1.54) is 51.4 Å². The van der Waals surface area contributed by atoms with E-state index < -0.39 is 29.5 Å². The van der Waals surface area contributed by atoms with Crippen molar-refractivity contribution in [2.24, 2.45) is 5.92 Å². The van der Waals surface area contributed by atoms with Gasteiger partial charge in [0.25, 0.3) is 11.5 Å².